The van der Waals surface area contributed by atoms with Gasteiger partial charge in [-0.3, -0.25) is 9.59 Å². The molecule has 0 saturated carbocycles. The lowest BCUT2D eigenvalue weighted by Gasteiger charge is -2.34. The lowest BCUT2D eigenvalue weighted by atomic mass is 9.97. The fourth-order valence-corrected chi connectivity index (χ4v) is 3.13. The SMILES string of the molecule is O=C(CN1CCSC1=O)N1CCCC(C(F)(F)F)C1. The largest absolute Gasteiger partial charge is 0.393 e. The molecule has 0 N–H and O–H groups in total. The highest BCUT2D eigenvalue weighted by molar-refractivity contribution is 8.13. The van der Waals surface area contributed by atoms with E-state index in [-0.39, 0.29) is 30.7 Å². The van der Waals surface area contributed by atoms with Crippen LogP contribution in [0.15, 0.2) is 0 Å². The van der Waals surface area contributed by atoms with Gasteiger partial charge in [-0.1, -0.05) is 11.8 Å². The van der Waals surface area contributed by atoms with Gasteiger partial charge in [0.15, 0.2) is 0 Å². The lowest BCUT2D eigenvalue weighted by molar-refractivity contribution is -0.188. The molecule has 2 fully saturated rings. The molecule has 108 valence electrons. The quantitative estimate of drug-likeness (QED) is 0.782. The Morgan fingerprint density at radius 1 is 1.37 bits per heavy atom. The molecule has 1 atom stereocenters. The predicted molar refractivity (Wildman–Crippen MR) is 64.8 cm³/mol. The Kier molecular flexibility index (Phi) is 4.27. The van der Waals surface area contributed by atoms with E-state index in [0.29, 0.717) is 25.3 Å². The Hall–Kier alpha value is -0.920. The number of alkyl halides is 3. The number of hydrogen-bond donors (Lipinski definition) is 0. The summed E-state index contributed by atoms with van der Waals surface area (Å²) >= 11 is 1.14. The normalized spacial score (nSPS) is 25.0. The van der Waals surface area contributed by atoms with Crippen molar-refractivity contribution in [2.24, 2.45) is 5.92 Å². The summed E-state index contributed by atoms with van der Waals surface area (Å²) in [6.07, 6.45) is -3.82. The highest BCUT2D eigenvalue weighted by Crippen LogP contribution is 2.33. The molecule has 0 bridgehead atoms. The molecule has 2 rings (SSSR count). The Morgan fingerprint density at radius 3 is 2.68 bits per heavy atom. The van der Waals surface area contributed by atoms with Gasteiger partial charge in [0.05, 0.1) is 5.92 Å². The second-order valence-corrected chi connectivity index (χ2v) is 5.80. The van der Waals surface area contributed by atoms with Gasteiger partial charge in [-0.2, -0.15) is 13.2 Å². The van der Waals surface area contributed by atoms with Crippen LogP contribution in [0.3, 0.4) is 0 Å². The van der Waals surface area contributed by atoms with E-state index in [1.54, 1.807) is 0 Å². The third-order valence-electron chi connectivity index (χ3n) is 3.41. The third kappa shape index (κ3) is 3.55. The highest BCUT2D eigenvalue weighted by atomic mass is 32.2. The molecule has 0 spiro atoms. The zero-order valence-electron chi connectivity index (χ0n) is 10.3. The van der Waals surface area contributed by atoms with Crippen molar-refractivity contribution in [3.63, 3.8) is 0 Å². The van der Waals surface area contributed by atoms with E-state index < -0.39 is 12.1 Å². The Morgan fingerprint density at radius 2 is 2.11 bits per heavy atom. The molecule has 0 aliphatic carbocycles. The number of rotatable bonds is 2. The van der Waals surface area contributed by atoms with Gasteiger partial charge in [-0.25, -0.2) is 0 Å². The molecule has 2 amide bonds. The molecule has 2 aliphatic heterocycles. The predicted octanol–water partition coefficient (Wildman–Crippen LogP) is 1.96. The first-order chi connectivity index (χ1) is 8.88. The molecule has 1 unspecified atom stereocenters. The van der Waals surface area contributed by atoms with E-state index in [1.165, 1.54) is 9.80 Å². The Bertz CT molecular complexity index is 375. The van der Waals surface area contributed by atoms with Crippen molar-refractivity contribution in [1.29, 1.82) is 0 Å². The van der Waals surface area contributed by atoms with E-state index in [1.807, 2.05) is 0 Å². The number of thioether (sulfide) groups is 1. The van der Waals surface area contributed by atoms with Crippen molar-refractivity contribution in [2.45, 2.75) is 19.0 Å². The van der Waals surface area contributed by atoms with E-state index in [2.05, 4.69) is 0 Å². The van der Waals surface area contributed by atoms with Gasteiger partial charge in [-0.05, 0) is 12.8 Å². The van der Waals surface area contributed by atoms with E-state index in [4.69, 9.17) is 0 Å². The van der Waals surface area contributed by atoms with Crippen LogP contribution in [0.25, 0.3) is 0 Å². The number of piperidine rings is 1. The van der Waals surface area contributed by atoms with Gasteiger partial charge in [0.2, 0.25) is 5.91 Å². The smallest absolute Gasteiger partial charge is 0.341 e. The van der Waals surface area contributed by atoms with Crippen LogP contribution in [0.2, 0.25) is 0 Å². The van der Waals surface area contributed by atoms with Crippen LogP contribution >= 0.6 is 11.8 Å². The van der Waals surface area contributed by atoms with Gasteiger partial charge in [-0.15, -0.1) is 0 Å². The summed E-state index contributed by atoms with van der Waals surface area (Å²) in [6.45, 7) is 0.459. The number of nitrogens with zero attached hydrogens (tertiary/aromatic N) is 2. The number of halogens is 3. The Balaban J connectivity index is 1.90. The molecule has 0 aromatic heterocycles. The van der Waals surface area contributed by atoms with Crippen LogP contribution in [-0.4, -0.2) is 59.1 Å². The average molecular weight is 296 g/mol. The fraction of sp³-hybridized carbons (Fsp3) is 0.818. The summed E-state index contributed by atoms with van der Waals surface area (Å²) in [5.74, 6) is -1.18. The van der Waals surface area contributed by atoms with Crippen LogP contribution in [0, 0.1) is 5.92 Å². The summed E-state index contributed by atoms with van der Waals surface area (Å²) < 4.78 is 37.9. The number of amides is 2. The highest BCUT2D eigenvalue weighted by Gasteiger charge is 2.42. The minimum atomic E-state index is -4.25. The monoisotopic (exact) mass is 296 g/mol. The second-order valence-electron chi connectivity index (χ2n) is 4.76. The first kappa shape index (κ1) is 14.5. The number of likely N-dealkylation sites (tertiary alicyclic amines) is 1. The van der Waals surface area contributed by atoms with Crippen molar-refractivity contribution >= 4 is 22.9 Å². The van der Waals surface area contributed by atoms with Gasteiger partial charge in [0, 0.05) is 25.4 Å². The minimum absolute atomic E-state index is 0.0752. The maximum absolute atomic E-state index is 12.6. The van der Waals surface area contributed by atoms with Gasteiger partial charge in [0.1, 0.15) is 6.54 Å². The van der Waals surface area contributed by atoms with E-state index >= 15 is 0 Å². The molecule has 8 heteroatoms. The van der Waals surface area contributed by atoms with E-state index in [9.17, 15) is 22.8 Å². The lowest BCUT2D eigenvalue weighted by Crippen LogP contribution is -2.48. The molecule has 19 heavy (non-hydrogen) atoms. The zero-order chi connectivity index (χ0) is 14.0. The summed E-state index contributed by atoms with van der Waals surface area (Å²) in [4.78, 5) is 25.9. The van der Waals surface area contributed by atoms with Crippen molar-refractivity contribution in [3.05, 3.63) is 0 Å². The molecule has 0 aromatic rings. The Labute approximate surface area is 113 Å². The molecule has 2 heterocycles. The van der Waals surface area contributed by atoms with Gasteiger partial charge < -0.3 is 9.80 Å². The fourth-order valence-electron chi connectivity index (χ4n) is 2.30. The average Bonchev–Trinajstić information content (AvgIpc) is 2.74. The van der Waals surface area contributed by atoms with Crippen molar-refractivity contribution in [2.75, 3.05) is 31.9 Å². The number of carbonyl (C=O) groups excluding carboxylic acids is 2. The summed E-state index contributed by atoms with van der Waals surface area (Å²) in [5.41, 5.74) is 0. The molecule has 4 nitrogen and oxygen atoms in total. The topological polar surface area (TPSA) is 40.6 Å². The number of hydrogen-bond acceptors (Lipinski definition) is 3. The summed E-state index contributed by atoms with van der Waals surface area (Å²) in [5, 5.41) is -0.169. The molecular formula is C11H15F3N2O2S. The number of carbonyl (C=O) groups is 2. The standard InChI is InChI=1S/C11H15F3N2O2S/c12-11(13,14)8-2-1-3-15(6-8)9(17)7-16-4-5-19-10(16)18/h8H,1-7H2. The molecular weight excluding hydrogens is 281 g/mol. The van der Waals surface area contributed by atoms with Gasteiger partial charge in [0.25, 0.3) is 5.24 Å². The van der Waals surface area contributed by atoms with Crippen LogP contribution in [0.1, 0.15) is 12.8 Å². The second kappa shape index (κ2) is 5.60. The zero-order valence-corrected chi connectivity index (χ0v) is 11.1. The maximum Gasteiger partial charge on any atom is 0.393 e. The summed E-state index contributed by atoms with van der Waals surface area (Å²) in [7, 11) is 0. The van der Waals surface area contributed by atoms with Crippen LogP contribution in [0.4, 0.5) is 18.0 Å². The summed E-state index contributed by atoms with van der Waals surface area (Å²) in [6, 6.07) is 0. The van der Waals surface area contributed by atoms with E-state index in [0.717, 1.165) is 11.8 Å². The van der Waals surface area contributed by atoms with Crippen LogP contribution in [0.5, 0.6) is 0 Å². The molecule has 2 aliphatic rings. The van der Waals surface area contributed by atoms with Crippen molar-refractivity contribution in [1.82, 2.24) is 9.80 Å². The molecule has 0 aromatic carbocycles. The minimum Gasteiger partial charge on any atom is -0.341 e. The first-order valence-corrected chi connectivity index (χ1v) is 7.12. The van der Waals surface area contributed by atoms with Crippen molar-refractivity contribution in [3.8, 4) is 0 Å². The third-order valence-corrected chi connectivity index (χ3v) is 4.30. The van der Waals surface area contributed by atoms with Crippen LogP contribution < -0.4 is 0 Å². The first-order valence-electron chi connectivity index (χ1n) is 6.14. The van der Waals surface area contributed by atoms with Crippen LogP contribution in [-0.2, 0) is 4.79 Å². The molecule has 0 radical (unpaired) electrons. The van der Waals surface area contributed by atoms with Gasteiger partial charge >= 0.3 is 6.18 Å². The maximum atomic E-state index is 12.6. The van der Waals surface area contributed by atoms with Crippen molar-refractivity contribution < 1.29 is 22.8 Å². The molecule has 2 saturated heterocycles.